The molecule has 0 aliphatic heterocycles. The minimum atomic E-state index is -0.178. The van der Waals surface area contributed by atoms with Crippen LogP contribution in [0.4, 0.5) is 0 Å². The van der Waals surface area contributed by atoms with Gasteiger partial charge in [0.05, 0.1) is 6.17 Å². The maximum absolute atomic E-state index is 11.2. The Morgan fingerprint density at radius 1 is 1.05 bits per heavy atom. The largest absolute Gasteiger partial charge is 0.394 e. The first-order valence-corrected chi connectivity index (χ1v) is 15.2. The normalized spacial score (nSPS) is 11.9. The van der Waals surface area contributed by atoms with Gasteiger partial charge in [0, 0.05) is 31.0 Å². The summed E-state index contributed by atoms with van der Waals surface area (Å²) in [5, 5.41) is 3.69. The highest BCUT2D eigenvalue weighted by atomic mass is 35.5. The molecule has 1 amide bonds. The zero-order valence-corrected chi connectivity index (χ0v) is 29.3. The molecule has 0 aliphatic carbocycles. The number of nitrogens with zero attached hydrogens (tertiary/aromatic N) is 1. The molecule has 0 radical (unpaired) electrons. The zero-order chi connectivity index (χ0) is 33.4. The first kappa shape index (κ1) is 48.1. The summed E-state index contributed by atoms with van der Waals surface area (Å²) in [6, 6.07) is 0.197. The first-order valence-electron chi connectivity index (χ1n) is 14.8. The van der Waals surface area contributed by atoms with Crippen molar-refractivity contribution in [2.75, 3.05) is 7.05 Å². The average Bonchev–Trinajstić information content (AvgIpc) is 2.93. The molecule has 0 rings (SSSR count). The number of rotatable bonds is 13. The van der Waals surface area contributed by atoms with E-state index in [-0.39, 0.29) is 18.1 Å². The smallest absolute Gasteiger partial charge is 0.223 e. The molecule has 0 saturated heterocycles. The van der Waals surface area contributed by atoms with Crippen molar-refractivity contribution in [2.45, 2.75) is 120 Å². The van der Waals surface area contributed by atoms with Crippen molar-refractivity contribution < 1.29 is 9.59 Å². The minimum Gasteiger partial charge on any atom is -0.394 e. The lowest BCUT2D eigenvalue weighted by Gasteiger charge is -2.30. The van der Waals surface area contributed by atoms with E-state index < -0.39 is 0 Å². The lowest BCUT2D eigenvalue weighted by atomic mass is 9.96. The molecular formula is C35H64ClN3O2. The fourth-order valence-corrected chi connectivity index (χ4v) is 3.27. The highest BCUT2D eigenvalue weighted by Gasteiger charge is 2.17. The molecule has 0 aromatic heterocycles. The van der Waals surface area contributed by atoms with E-state index >= 15 is 0 Å². The molecule has 0 aromatic carbocycles. The molecule has 0 heterocycles. The van der Waals surface area contributed by atoms with Gasteiger partial charge in [-0.25, -0.2) is 0 Å². The number of amides is 1. The molecule has 1 atom stereocenters. The number of hydrogen-bond donors (Lipinski definition) is 2. The van der Waals surface area contributed by atoms with Gasteiger partial charge in [-0.1, -0.05) is 91.0 Å². The Hall–Kier alpha value is -2.63. The predicted octanol–water partition coefficient (Wildman–Crippen LogP) is 9.79. The van der Waals surface area contributed by atoms with Crippen LogP contribution in [0.15, 0.2) is 83.6 Å². The Morgan fingerprint density at radius 2 is 1.56 bits per heavy atom. The minimum absolute atomic E-state index is 0.120. The Morgan fingerprint density at radius 3 is 1.80 bits per heavy atom. The summed E-state index contributed by atoms with van der Waals surface area (Å²) in [6.07, 6.45) is 16.1. The fourth-order valence-electron chi connectivity index (χ4n) is 3.13. The van der Waals surface area contributed by atoms with E-state index in [1.807, 2.05) is 73.9 Å². The van der Waals surface area contributed by atoms with Crippen molar-refractivity contribution in [3.05, 3.63) is 83.6 Å². The van der Waals surface area contributed by atoms with Crippen molar-refractivity contribution in [3.63, 3.8) is 0 Å². The van der Waals surface area contributed by atoms with Gasteiger partial charge in [-0.05, 0) is 88.1 Å². The van der Waals surface area contributed by atoms with E-state index in [1.165, 1.54) is 17.6 Å². The summed E-state index contributed by atoms with van der Waals surface area (Å²) in [6.45, 7) is 33.2. The Labute approximate surface area is 260 Å². The van der Waals surface area contributed by atoms with E-state index in [1.54, 1.807) is 24.0 Å². The van der Waals surface area contributed by atoms with Crippen molar-refractivity contribution >= 4 is 23.8 Å². The lowest BCUT2D eigenvalue weighted by Crippen LogP contribution is -2.47. The molecule has 0 saturated carbocycles. The van der Waals surface area contributed by atoms with Gasteiger partial charge in [-0.2, -0.15) is 0 Å². The van der Waals surface area contributed by atoms with Crippen molar-refractivity contribution in [3.8, 4) is 0 Å². The number of nitrogens with one attached hydrogen (secondary N) is 1. The third-order valence-corrected chi connectivity index (χ3v) is 4.97. The summed E-state index contributed by atoms with van der Waals surface area (Å²) in [5.41, 5.74) is 10.0. The molecule has 5 nitrogen and oxygen atoms in total. The second-order valence-corrected chi connectivity index (χ2v) is 9.46. The summed E-state index contributed by atoms with van der Waals surface area (Å²) in [7, 11) is 1.89. The van der Waals surface area contributed by atoms with Gasteiger partial charge < -0.3 is 20.7 Å². The molecule has 6 heteroatoms. The van der Waals surface area contributed by atoms with Crippen molar-refractivity contribution in [1.82, 2.24) is 10.2 Å². The number of hydrogen-bond acceptors (Lipinski definition) is 4. The molecule has 0 fully saturated rings. The summed E-state index contributed by atoms with van der Waals surface area (Å²) < 4.78 is 0. The second-order valence-electron chi connectivity index (χ2n) is 8.86. The zero-order valence-electron chi connectivity index (χ0n) is 28.6. The Bertz CT molecular complexity index is 807. The molecule has 0 aliphatic rings. The van der Waals surface area contributed by atoms with Gasteiger partial charge in [0.15, 0.2) is 0 Å². The summed E-state index contributed by atoms with van der Waals surface area (Å²) >= 11 is 5.59. The number of carbonyl (C=O) groups excluding carboxylic acids is 2. The Balaban J connectivity index is -0.000000149. The van der Waals surface area contributed by atoms with Crippen molar-refractivity contribution in [2.24, 2.45) is 5.73 Å². The average molecular weight is 594 g/mol. The lowest BCUT2D eigenvalue weighted by molar-refractivity contribution is -0.134. The van der Waals surface area contributed by atoms with Crippen molar-refractivity contribution in [1.29, 1.82) is 0 Å². The summed E-state index contributed by atoms with van der Waals surface area (Å²) in [4.78, 5) is 23.0. The van der Waals surface area contributed by atoms with Crippen LogP contribution in [0.25, 0.3) is 0 Å². The Kier molecular flexibility index (Phi) is 41.5. The van der Waals surface area contributed by atoms with E-state index in [0.29, 0.717) is 17.9 Å². The highest BCUT2D eigenvalue weighted by molar-refractivity contribution is 6.29. The van der Waals surface area contributed by atoms with Crippen LogP contribution in [0.2, 0.25) is 0 Å². The maximum atomic E-state index is 11.2. The van der Waals surface area contributed by atoms with Gasteiger partial charge in [-0.3, -0.25) is 4.79 Å². The van der Waals surface area contributed by atoms with Crippen LogP contribution >= 0.6 is 11.6 Å². The number of aldehydes is 1. The van der Waals surface area contributed by atoms with Gasteiger partial charge >= 0.3 is 0 Å². The van der Waals surface area contributed by atoms with E-state index in [4.69, 9.17) is 17.3 Å². The highest BCUT2D eigenvalue weighted by Crippen LogP contribution is 2.21. The van der Waals surface area contributed by atoms with Crippen LogP contribution < -0.4 is 11.1 Å². The maximum Gasteiger partial charge on any atom is 0.223 e. The molecule has 41 heavy (non-hydrogen) atoms. The molecule has 0 aromatic rings. The molecular weight excluding hydrogens is 530 g/mol. The fraction of sp³-hybridized carbons (Fsp3) is 0.543. The molecule has 1 unspecified atom stereocenters. The van der Waals surface area contributed by atoms with Crippen LogP contribution in [-0.4, -0.2) is 36.3 Å². The van der Waals surface area contributed by atoms with E-state index in [0.717, 1.165) is 30.3 Å². The number of nitrogens with two attached hydrogens (primary N) is 1. The quantitative estimate of drug-likeness (QED) is 0.0964. The molecule has 3 N–H and O–H groups in total. The number of allylic oxidation sites excluding steroid dienone is 10. The SMILES string of the molecule is C/C=C(\C=C(/C)Cl)CC=O.C=CC/C(C(=C)C=C)=C(\C=C\NC)CC.CC.CCC.CCC(=O)N(C(C)C)C(C)N. The first-order chi connectivity index (χ1) is 19.3. The summed E-state index contributed by atoms with van der Waals surface area (Å²) in [5.74, 6) is 0.120. The predicted molar refractivity (Wildman–Crippen MR) is 187 cm³/mol. The van der Waals surface area contributed by atoms with Crippen LogP contribution in [0.1, 0.15) is 108 Å². The van der Waals surface area contributed by atoms with E-state index in [9.17, 15) is 9.59 Å². The second kappa shape index (κ2) is 35.4. The van der Waals surface area contributed by atoms with Gasteiger partial charge in [0.1, 0.15) is 6.29 Å². The van der Waals surface area contributed by atoms with E-state index in [2.05, 4.69) is 51.9 Å². The van der Waals surface area contributed by atoms with Gasteiger partial charge in [-0.15, -0.1) is 6.58 Å². The van der Waals surface area contributed by atoms with Gasteiger partial charge in [0.2, 0.25) is 5.91 Å². The topological polar surface area (TPSA) is 75.4 Å². The molecule has 238 valence electrons. The standard InChI is InChI=1S/C14H21N.C8H11ClO.C8H18N2O.C3H8.C2H6/c1-6-9-14(12(4)7-2)13(8-3)10-11-15-5;1-3-8(4-5-10)6-7(2)9;1-5-8(11)10(6(2)3)7(4)9;1-3-2;1-2/h6-7,10-11,15H,1-2,4,8-9H2,3,5H3;3,5-6H,4H2,1-2H3;6-7H,5,9H2,1-4H3;3H2,1-2H3;1-2H3/b11-10+,14-13+;7-6+,8-3-;;;. The third-order valence-electron chi connectivity index (χ3n) is 4.86. The van der Waals surface area contributed by atoms with Crippen LogP contribution in [-0.2, 0) is 9.59 Å². The van der Waals surface area contributed by atoms with Crippen LogP contribution in [0.5, 0.6) is 0 Å². The number of halogens is 1. The monoisotopic (exact) mass is 593 g/mol. The van der Waals surface area contributed by atoms with Gasteiger partial charge in [0.25, 0.3) is 0 Å². The third kappa shape index (κ3) is 30.2. The van der Waals surface area contributed by atoms with Crippen LogP contribution in [0.3, 0.4) is 0 Å². The molecule has 0 spiro atoms. The van der Waals surface area contributed by atoms with Crippen LogP contribution in [0, 0.1) is 0 Å². The number of carbonyl (C=O) groups is 2. The molecule has 0 bridgehead atoms.